The fraction of sp³-hybridized carbons (Fsp3) is 0.750. The van der Waals surface area contributed by atoms with Crippen LogP contribution >= 0.6 is 35.7 Å². The lowest BCUT2D eigenvalue weighted by molar-refractivity contribution is 0.145. The molecule has 0 aromatic carbocycles. The average molecular weight is 347 g/mol. The predicted octanol–water partition coefficient (Wildman–Crippen LogP) is 1.76. The van der Waals surface area contributed by atoms with E-state index < -0.39 is 6.09 Å². The summed E-state index contributed by atoms with van der Waals surface area (Å²) in [6.45, 7) is 2.96. The monoisotopic (exact) mass is 347 g/mol. The van der Waals surface area contributed by atoms with Crippen molar-refractivity contribution in [3.8, 4) is 0 Å². The first-order valence-corrected chi connectivity index (χ1v) is 5.52. The van der Waals surface area contributed by atoms with Crippen LogP contribution in [0.5, 0.6) is 0 Å². The number of amides is 1. The van der Waals surface area contributed by atoms with Gasteiger partial charge in [-0.1, -0.05) is 25.1 Å². The molecule has 1 amide bonds. The zero-order valence-corrected chi connectivity index (χ0v) is 11.9. The number of carbonyl (C=O) groups is 1. The van der Waals surface area contributed by atoms with Gasteiger partial charge in [0, 0.05) is 12.3 Å². The highest BCUT2D eigenvalue weighted by Gasteiger charge is 1.99. The molecule has 15 heavy (non-hydrogen) atoms. The molecule has 7 heteroatoms. The van der Waals surface area contributed by atoms with E-state index in [1.807, 2.05) is 6.92 Å². The maximum absolute atomic E-state index is 10.9. The molecule has 0 saturated carbocycles. The van der Waals surface area contributed by atoms with E-state index in [0.29, 0.717) is 18.9 Å². The lowest BCUT2D eigenvalue weighted by atomic mass is 10.4. The molecule has 90 valence electrons. The van der Waals surface area contributed by atoms with Gasteiger partial charge in [0.05, 0.1) is 6.61 Å². The van der Waals surface area contributed by atoms with Crippen LogP contribution in [-0.2, 0) is 4.74 Å². The molecule has 0 bridgehead atoms. The van der Waals surface area contributed by atoms with Crippen molar-refractivity contribution in [1.29, 1.82) is 5.41 Å². The van der Waals surface area contributed by atoms with Crippen molar-refractivity contribution in [2.24, 2.45) is 5.73 Å². The molecule has 0 aliphatic rings. The van der Waals surface area contributed by atoms with Gasteiger partial charge in [-0.3, -0.25) is 5.41 Å². The maximum Gasteiger partial charge on any atom is 0.407 e. The van der Waals surface area contributed by atoms with Gasteiger partial charge in [-0.2, -0.15) is 0 Å². The molecule has 0 aromatic heterocycles. The Morgan fingerprint density at radius 3 is 2.80 bits per heavy atom. The molecule has 0 heterocycles. The number of hydrogen-bond acceptors (Lipinski definition) is 4. The standard InChI is InChI=1S/C8H17N3O2S.HI/c1-2-3-5-13-8(12)11-4-6-14-7(9)10;/h2-6H2,1H3,(H3,9,10)(H,11,12);1H. The van der Waals surface area contributed by atoms with Gasteiger partial charge in [0.2, 0.25) is 0 Å². The second kappa shape index (κ2) is 11.9. The summed E-state index contributed by atoms with van der Waals surface area (Å²) in [5, 5.41) is 9.54. The molecule has 0 unspecified atom stereocenters. The number of halogens is 1. The average Bonchev–Trinajstić information content (AvgIpc) is 2.13. The summed E-state index contributed by atoms with van der Waals surface area (Å²) in [4.78, 5) is 10.9. The highest BCUT2D eigenvalue weighted by molar-refractivity contribution is 14.0. The summed E-state index contributed by atoms with van der Waals surface area (Å²) in [5.74, 6) is 0.595. The Kier molecular flexibility index (Phi) is 13.7. The zero-order valence-electron chi connectivity index (χ0n) is 8.75. The summed E-state index contributed by atoms with van der Waals surface area (Å²) >= 11 is 1.19. The summed E-state index contributed by atoms with van der Waals surface area (Å²) in [6, 6.07) is 0. The summed E-state index contributed by atoms with van der Waals surface area (Å²) in [6.07, 6.45) is 1.49. The van der Waals surface area contributed by atoms with Gasteiger partial charge < -0.3 is 15.8 Å². The van der Waals surface area contributed by atoms with Gasteiger partial charge in [0.25, 0.3) is 0 Å². The molecule has 0 aromatic rings. The highest BCUT2D eigenvalue weighted by atomic mass is 127. The van der Waals surface area contributed by atoms with Crippen LogP contribution in [0.4, 0.5) is 4.79 Å². The number of thioether (sulfide) groups is 1. The van der Waals surface area contributed by atoms with Crippen LogP contribution in [-0.4, -0.2) is 30.2 Å². The van der Waals surface area contributed by atoms with E-state index in [0.717, 1.165) is 12.8 Å². The third kappa shape index (κ3) is 13.8. The third-order valence-electron chi connectivity index (χ3n) is 1.36. The highest BCUT2D eigenvalue weighted by Crippen LogP contribution is 1.95. The molecule has 5 nitrogen and oxygen atoms in total. The van der Waals surface area contributed by atoms with Crippen LogP contribution in [0, 0.1) is 5.41 Å². The number of ether oxygens (including phenoxy) is 1. The molecule has 0 atom stereocenters. The molecule has 0 aliphatic carbocycles. The number of amidine groups is 1. The van der Waals surface area contributed by atoms with Crippen LogP contribution < -0.4 is 11.1 Å². The van der Waals surface area contributed by atoms with Crippen molar-refractivity contribution in [3.63, 3.8) is 0 Å². The van der Waals surface area contributed by atoms with E-state index in [-0.39, 0.29) is 29.1 Å². The topological polar surface area (TPSA) is 88.2 Å². The Bertz CT molecular complexity index is 193. The molecule has 4 N–H and O–H groups in total. The minimum atomic E-state index is -0.400. The molecule has 0 aliphatic heterocycles. The van der Waals surface area contributed by atoms with E-state index in [9.17, 15) is 4.79 Å². The molecule has 0 saturated heterocycles. The van der Waals surface area contributed by atoms with Crippen molar-refractivity contribution in [1.82, 2.24) is 5.32 Å². The third-order valence-corrected chi connectivity index (χ3v) is 2.08. The number of nitrogens with one attached hydrogen (secondary N) is 2. The van der Waals surface area contributed by atoms with Crippen LogP contribution in [0.25, 0.3) is 0 Å². The zero-order chi connectivity index (χ0) is 10.8. The van der Waals surface area contributed by atoms with Gasteiger partial charge >= 0.3 is 6.09 Å². The summed E-state index contributed by atoms with van der Waals surface area (Å²) in [7, 11) is 0. The second-order valence-corrected chi connectivity index (χ2v) is 3.77. The lowest BCUT2D eigenvalue weighted by Gasteiger charge is -2.05. The minimum absolute atomic E-state index is 0. The Labute approximate surface area is 111 Å². The molecule has 0 rings (SSSR count). The van der Waals surface area contributed by atoms with Gasteiger partial charge in [-0.15, -0.1) is 24.0 Å². The number of alkyl carbamates (subject to hydrolysis) is 1. The molecule has 0 radical (unpaired) electrons. The van der Waals surface area contributed by atoms with E-state index in [2.05, 4.69) is 5.32 Å². The minimum Gasteiger partial charge on any atom is -0.450 e. The normalized spacial score (nSPS) is 8.87. The van der Waals surface area contributed by atoms with Gasteiger partial charge in [0.1, 0.15) is 0 Å². The quantitative estimate of drug-likeness (QED) is 0.296. The number of carbonyl (C=O) groups excluding carboxylic acids is 1. The number of rotatable bonds is 6. The number of hydrogen-bond donors (Lipinski definition) is 3. The fourth-order valence-corrected chi connectivity index (χ4v) is 1.10. The van der Waals surface area contributed by atoms with Gasteiger partial charge in [-0.05, 0) is 6.42 Å². The SMILES string of the molecule is CCCCOC(=O)NCCSC(=N)N.I. The first-order chi connectivity index (χ1) is 6.66. The Hall–Kier alpha value is -0.180. The van der Waals surface area contributed by atoms with Crippen LogP contribution in [0.3, 0.4) is 0 Å². The Morgan fingerprint density at radius 2 is 2.27 bits per heavy atom. The van der Waals surface area contributed by atoms with Crippen LogP contribution in [0.15, 0.2) is 0 Å². The van der Waals surface area contributed by atoms with Crippen molar-refractivity contribution in [2.75, 3.05) is 18.9 Å². The Balaban J connectivity index is 0. The van der Waals surface area contributed by atoms with E-state index in [1.54, 1.807) is 0 Å². The smallest absolute Gasteiger partial charge is 0.407 e. The van der Waals surface area contributed by atoms with Gasteiger partial charge in [-0.25, -0.2) is 4.79 Å². The van der Waals surface area contributed by atoms with Crippen molar-refractivity contribution >= 4 is 47.0 Å². The first-order valence-electron chi connectivity index (χ1n) is 4.54. The van der Waals surface area contributed by atoms with Crippen molar-refractivity contribution in [2.45, 2.75) is 19.8 Å². The molecule has 0 spiro atoms. The second-order valence-electron chi connectivity index (χ2n) is 2.63. The lowest BCUT2D eigenvalue weighted by Crippen LogP contribution is -2.27. The number of nitrogens with two attached hydrogens (primary N) is 1. The predicted molar refractivity (Wildman–Crippen MR) is 74.0 cm³/mol. The first kappa shape index (κ1) is 17.2. The van der Waals surface area contributed by atoms with E-state index in [1.165, 1.54) is 11.8 Å². The maximum atomic E-state index is 10.9. The van der Waals surface area contributed by atoms with Crippen molar-refractivity contribution in [3.05, 3.63) is 0 Å². The molecule has 0 fully saturated rings. The molecular formula is C8H18IN3O2S. The summed E-state index contributed by atoms with van der Waals surface area (Å²) < 4.78 is 4.85. The van der Waals surface area contributed by atoms with E-state index in [4.69, 9.17) is 15.9 Å². The fourth-order valence-electron chi connectivity index (χ4n) is 0.674. The van der Waals surface area contributed by atoms with Gasteiger partial charge in [0.15, 0.2) is 5.17 Å². The largest absolute Gasteiger partial charge is 0.450 e. The van der Waals surface area contributed by atoms with Crippen LogP contribution in [0.2, 0.25) is 0 Å². The van der Waals surface area contributed by atoms with E-state index >= 15 is 0 Å². The van der Waals surface area contributed by atoms with Crippen molar-refractivity contribution < 1.29 is 9.53 Å². The number of unbranched alkanes of at least 4 members (excludes halogenated alkanes) is 1. The summed E-state index contributed by atoms with van der Waals surface area (Å²) in [5.41, 5.74) is 5.11. The van der Waals surface area contributed by atoms with Crippen LogP contribution in [0.1, 0.15) is 19.8 Å². The molecular weight excluding hydrogens is 329 g/mol. The Morgan fingerprint density at radius 1 is 1.60 bits per heavy atom.